The molecular formula is C14H14F2N4O4S2. The number of carbonyl (C=O) groups excluding carboxylic acids is 1. The number of anilines is 1. The molecule has 0 bridgehead atoms. The van der Waals surface area contributed by atoms with Crippen LogP contribution in [0.2, 0.25) is 0 Å². The molecule has 12 heteroatoms. The number of amides is 1. The van der Waals surface area contributed by atoms with Gasteiger partial charge in [-0.1, -0.05) is 0 Å². The number of halogens is 2. The van der Waals surface area contributed by atoms with Crippen LogP contribution in [0, 0.1) is 11.6 Å². The molecule has 0 unspecified atom stereocenters. The van der Waals surface area contributed by atoms with Crippen LogP contribution < -0.4 is 15.2 Å². The zero-order chi connectivity index (χ0) is 18.7. The normalized spacial score (nSPS) is 15.1. The summed E-state index contributed by atoms with van der Waals surface area (Å²) in [6.45, 7) is 2.41. The van der Waals surface area contributed by atoms with Gasteiger partial charge < -0.3 is 9.64 Å². The van der Waals surface area contributed by atoms with Gasteiger partial charge in [-0.25, -0.2) is 22.2 Å². The van der Waals surface area contributed by atoms with Crippen molar-refractivity contribution in [1.82, 2.24) is 15.2 Å². The van der Waals surface area contributed by atoms with Gasteiger partial charge in [-0.2, -0.15) is 0 Å². The predicted molar refractivity (Wildman–Crippen MR) is 89.3 cm³/mol. The maximum absolute atomic E-state index is 13.2. The van der Waals surface area contributed by atoms with E-state index in [0.29, 0.717) is 49.6 Å². The van der Waals surface area contributed by atoms with E-state index >= 15 is 0 Å². The third kappa shape index (κ3) is 4.33. The zero-order valence-corrected chi connectivity index (χ0v) is 14.9. The zero-order valence-electron chi connectivity index (χ0n) is 13.2. The van der Waals surface area contributed by atoms with Gasteiger partial charge in [0.15, 0.2) is 5.13 Å². The summed E-state index contributed by atoms with van der Waals surface area (Å²) in [5.74, 6) is -2.89. The number of rotatable bonds is 5. The molecule has 0 radical (unpaired) electrons. The number of sulfonamides is 1. The standard InChI is InChI=1S/C14H14F2N4O4S2/c15-9-5-10(16)7-11(6-9)26(22,23)19-18-13(21)12-8-25-14(17-12)20-1-3-24-4-2-20/h5-8,19H,1-4H2,(H,18,21). The van der Waals surface area contributed by atoms with Crippen molar-refractivity contribution < 1.29 is 26.7 Å². The van der Waals surface area contributed by atoms with E-state index in [1.54, 1.807) is 4.83 Å². The number of benzene rings is 1. The summed E-state index contributed by atoms with van der Waals surface area (Å²) in [7, 11) is -4.34. The molecule has 26 heavy (non-hydrogen) atoms. The number of morpholine rings is 1. The Hall–Kier alpha value is -2.15. The van der Waals surface area contributed by atoms with Crippen molar-refractivity contribution in [2.45, 2.75) is 4.90 Å². The van der Waals surface area contributed by atoms with E-state index in [-0.39, 0.29) is 5.69 Å². The highest BCUT2D eigenvalue weighted by atomic mass is 32.2. The predicted octanol–water partition coefficient (Wildman–Crippen LogP) is 0.881. The van der Waals surface area contributed by atoms with Gasteiger partial charge in [0.05, 0.1) is 18.1 Å². The second-order valence-corrected chi connectivity index (χ2v) is 7.80. The number of nitrogens with one attached hydrogen (secondary N) is 2. The average molecular weight is 404 g/mol. The molecule has 1 amide bonds. The molecule has 2 heterocycles. The molecule has 1 saturated heterocycles. The van der Waals surface area contributed by atoms with Crippen molar-refractivity contribution in [1.29, 1.82) is 0 Å². The number of nitrogens with zero attached hydrogens (tertiary/aromatic N) is 2. The summed E-state index contributed by atoms with van der Waals surface area (Å²) < 4.78 is 55.6. The van der Waals surface area contributed by atoms with Gasteiger partial charge in [0.2, 0.25) is 0 Å². The second-order valence-electron chi connectivity index (χ2n) is 5.28. The van der Waals surface area contributed by atoms with Crippen molar-refractivity contribution in [3.8, 4) is 0 Å². The molecule has 2 N–H and O–H groups in total. The molecule has 0 atom stereocenters. The Balaban J connectivity index is 1.65. The van der Waals surface area contributed by atoms with Crippen LogP contribution in [0.1, 0.15) is 10.5 Å². The molecule has 2 aromatic rings. The molecule has 8 nitrogen and oxygen atoms in total. The molecular weight excluding hydrogens is 390 g/mol. The third-order valence-corrected chi connectivity index (χ3v) is 5.58. The highest BCUT2D eigenvalue weighted by molar-refractivity contribution is 7.89. The molecule has 1 aromatic heterocycles. The lowest BCUT2D eigenvalue weighted by atomic mass is 10.3. The SMILES string of the molecule is O=C(NNS(=O)(=O)c1cc(F)cc(F)c1)c1csc(N2CCOCC2)n1. The fourth-order valence-corrected chi connectivity index (χ4v) is 3.93. The van der Waals surface area contributed by atoms with Crippen LogP contribution in [0.3, 0.4) is 0 Å². The fourth-order valence-electron chi connectivity index (χ4n) is 2.19. The summed E-state index contributed by atoms with van der Waals surface area (Å²) >= 11 is 1.24. The lowest BCUT2D eigenvalue weighted by molar-refractivity contribution is 0.0940. The topological polar surface area (TPSA) is 101 Å². The Morgan fingerprint density at radius 3 is 2.50 bits per heavy atom. The van der Waals surface area contributed by atoms with Gasteiger partial charge in [0, 0.05) is 24.5 Å². The van der Waals surface area contributed by atoms with E-state index in [2.05, 4.69) is 4.98 Å². The first-order valence-electron chi connectivity index (χ1n) is 7.41. The third-order valence-electron chi connectivity index (χ3n) is 3.45. The Kier molecular flexibility index (Phi) is 5.46. The Morgan fingerprint density at radius 2 is 1.85 bits per heavy atom. The number of aromatic nitrogens is 1. The van der Waals surface area contributed by atoms with Crippen molar-refractivity contribution in [2.24, 2.45) is 0 Å². The van der Waals surface area contributed by atoms with Crippen LogP contribution in [0.4, 0.5) is 13.9 Å². The van der Waals surface area contributed by atoms with Gasteiger partial charge in [0.1, 0.15) is 17.3 Å². The minimum Gasteiger partial charge on any atom is -0.378 e. The highest BCUT2D eigenvalue weighted by Crippen LogP contribution is 2.21. The number of hydrogen-bond acceptors (Lipinski definition) is 7. The molecule has 1 aliphatic rings. The van der Waals surface area contributed by atoms with Gasteiger partial charge in [-0.3, -0.25) is 10.2 Å². The van der Waals surface area contributed by atoms with Crippen molar-refractivity contribution >= 4 is 32.4 Å². The van der Waals surface area contributed by atoms with E-state index in [4.69, 9.17) is 4.74 Å². The average Bonchev–Trinajstić information content (AvgIpc) is 3.10. The largest absolute Gasteiger partial charge is 0.378 e. The monoisotopic (exact) mass is 404 g/mol. The maximum atomic E-state index is 13.2. The Morgan fingerprint density at radius 1 is 1.19 bits per heavy atom. The number of carbonyl (C=O) groups is 1. The maximum Gasteiger partial charge on any atom is 0.285 e. The van der Waals surface area contributed by atoms with E-state index in [9.17, 15) is 22.0 Å². The van der Waals surface area contributed by atoms with Gasteiger partial charge in [-0.05, 0) is 12.1 Å². The van der Waals surface area contributed by atoms with E-state index in [1.165, 1.54) is 16.7 Å². The molecule has 140 valence electrons. The fraction of sp³-hybridized carbons (Fsp3) is 0.286. The smallest absolute Gasteiger partial charge is 0.285 e. The molecule has 1 aliphatic heterocycles. The van der Waals surface area contributed by atoms with Crippen LogP contribution in [0.5, 0.6) is 0 Å². The quantitative estimate of drug-likeness (QED) is 0.718. The summed E-state index contributed by atoms with van der Waals surface area (Å²) in [6, 6.07) is 1.81. The van der Waals surface area contributed by atoms with E-state index < -0.39 is 32.5 Å². The lowest BCUT2D eigenvalue weighted by Crippen LogP contribution is -2.41. The summed E-state index contributed by atoms with van der Waals surface area (Å²) in [5, 5.41) is 2.10. The molecule has 0 spiro atoms. The van der Waals surface area contributed by atoms with Crippen LogP contribution in [0.15, 0.2) is 28.5 Å². The minimum atomic E-state index is -4.34. The van der Waals surface area contributed by atoms with Crippen LogP contribution in [-0.2, 0) is 14.8 Å². The number of hydrazine groups is 1. The lowest BCUT2D eigenvalue weighted by Gasteiger charge is -2.25. The minimum absolute atomic E-state index is 0.0182. The van der Waals surface area contributed by atoms with E-state index in [1.807, 2.05) is 10.3 Å². The molecule has 0 saturated carbocycles. The van der Waals surface area contributed by atoms with Crippen LogP contribution in [-0.4, -0.2) is 45.6 Å². The van der Waals surface area contributed by atoms with Gasteiger partial charge in [0.25, 0.3) is 15.9 Å². The van der Waals surface area contributed by atoms with Crippen molar-refractivity contribution in [3.05, 3.63) is 40.9 Å². The highest BCUT2D eigenvalue weighted by Gasteiger charge is 2.20. The number of hydrogen-bond donors (Lipinski definition) is 2. The number of thiazole rings is 1. The molecule has 1 fully saturated rings. The first-order valence-corrected chi connectivity index (χ1v) is 9.78. The Bertz CT molecular complexity index is 893. The van der Waals surface area contributed by atoms with Crippen molar-refractivity contribution in [2.75, 3.05) is 31.2 Å². The van der Waals surface area contributed by atoms with Crippen LogP contribution >= 0.6 is 11.3 Å². The summed E-state index contributed by atoms with van der Waals surface area (Å²) in [4.78, 5) is 19.3. The summed E-state index contributed by atoms with van der Waals surface area (Å²) in [6.07, 6.45) is 0. The molecule has 3 rings (SSSR count). The first kappa shape index (κ1) is 18.6. The summed E-state index contributed by atoms with van der Waals surface area (Å²) in [5.41, 5.74) is 1.99. The molecule has 1 aromatic carbocycles. The van der Waals surface area contributed by atoms with Crippen LogP contribution in [0.25, 0.3) is 0 Å². The van der Waals surface area contributed by atoms with Crippen molar-refractivity contribution in [3.63, 3.8) is 0 Å². The Labute approximate surface area is 151 Å². The first-order chi connectivity index (χ1) is 12.3. The molecule has 0 aliphatic carbocycles. The second kappa shape index (κ2) is 7.61. The number of ether oxygens (including phenoxy) is 1. The van der Waals surface area contributed by atoms with E-state index in [0.717, 1.165) is 0 Å². The van der Waals surface area contributed by atoms with Gasteiger partial charge >= 0.3 is 0 Å². The van der Waals surface area contributed by atoms with Gasteiger partial charge in [-0.15, -0.1) is 16.2 Å².